The molecule has 1 saturated carbocycles. The Morgan fingerprint density at radius 1 is 1.24 bits per heavy atom. The van der Waals surface area contributed by atoms with Crippen molar-refractivity contribution >= 4 is 11.6 Å². The largest absolute Gasteiger partial charge is 0.378 e. The lowest BCUT2D eigenvalue weighted by atomic mass is 9.93. The van der Waals surface area contributed by atoms with Crippen LogP contribution in [0.2, 0.25) is 0 Å². The highest BCUT2D eigenvalue weighted by atomic mass is 16.2. The molecule has 1 aliphatic carbocycles. The Bertz CT molecular complexity index is 467. The fourth-order valence-electron chi connectivity index (χ4n) is 3.06. The minimum absolute atomic E-state index is 0.121. The second kappa shape index (κ2) is 7.46. The lowest BCUT2D eigenvalue weighted by Crippen LogP contribution is -2.44. The minimum Gasteiger partial charge on any atom is -0.378 e. The maximum Gasteiger partial charge on any atom is 0.254 e. The van der Waals surface area contributed by atoms with E-state index in [0.29, 0.717) is 19.1 Å². The van der Waals surface area contributed by atoms with Crippen LogP contribution < -0.4 is 10.6 Å². The molecule has 0 saturated heterocycles. The van der Waals surface area contributed by atoms with E-state index in [2.05, 4.69) is 0 Å². The van der Waals surface area contributed by atoms with Gasteiger partial charge in [-0.25, -0.2) is 0 Å². The molecule has 21 heavy (non-hydrogen) atoms. The first-order valence-electron chi connectivity index (χ1n) is 7.92. The zero-order valence-corrected chi connectivity index (χ0v) is 13.2. The number of nitrogens with zero attached hydrogens (tertiary/aromatic N) is 2. The summed E-state index contributed by atoms with van der Waals surface area (Å²) < 4.78 is 0. The van der Waals surface area contributed by atoms with E-state index in [9.17, 15) is 4.79 Å². The average Bonchev–Trinajstić information content (AvgIpc) is 2.53. The Hall–Kier alpha value is -1.55. The van der Waals surface area contributed by atoms with Gasteiger partial charge in [0, 0.05) is 44.5 Å². The van der Waals surface area contributed by atoms with Crippen LogP contribution in [-0.2, 0) is 0 Å². The van der Waals surface area contributed by atoms with Gasteiger partial charge in [-0.05, 0) is 31.0 Å². The Labute approximate surface area is 127 Å². The topological polar surface area (TPSA) is 49.6 Å². The van der Waals surface area contributed by atoms with E-state index in [1.54, 1.807) is 0 Å². The first kappa shape index (κ1) is 15.8. The molecule has 0 bridgehead atoms. The van der Waals surface area contributed by atoms with Crippen LogP contribution >= 0.6 is 0 Å². The van der Waals surface area contributed by atoms with Crippen LogP contribution in [0.5, 0.6) is 0 Å². The predicted octanol–water partition coefficient (Wildman–Crippen LogP) is 2.49. The van der Waals surface area contributed by atoms with E-state index in [0.717, 1.165) is 24.1 Å². The van der Waals surface area contributed by atoms with E-state index >= 15 is 0 Å². The number of benzene rings is 1. The summed E-state index contributed by atoms with van der Waals surface area (Å²) in [6.45, 7) is 1.17. The smallest absolute Gasteiger partial charge is 0.254 e. The molecule has 0 heterocycles. The van der Waals surface area contributed by atoms with Crippen molar-refractivity contribution in [3.8, 4) is 0 Å². The standard InChI is InChI=1S/C17H27N3O/c1-19(2)16-10-6-7-14(13-16)17(21)20(12-11-18)15-8-4-3-5-9-15/h6-7,10,13,15H,3-5,8-9,11-12,18H2,1-2H3. The van der Waals surface area contributed by atoms with Crippen LogP contribution in [0.15, 0.2) is 24.3 Å². The van der Waals surface area contributed by atoms with Crippen molar-refractivity contribution in [2.75, 3.05) is 32.1 Å². The second-order valence-corrected chi connectivity index (χ2v) is 6.02. The maximum absolute atomic E-state index is 12.9. The molecule has 0 radical (unpaired) electrons. The molecule has 1 aromatic rings. The lowest BCUT2D eigenvalue weighted by Gasteiger charge is -2.34. The van der Waals surface area contributed by atoms with Crippen molar-refractivity contribution < 1.29 is 4.79 Å². The molecule has 0 unspecified atom stereocenters. The van der Waals surface area contributed by atoms with Crippen LogP contribution in [0.4, 0.5) is 5.69 Å². The predicted molar refractivity (Wildman–Crippen MR) is 87.7 cm³/mol. The van der Waals surface area contributed by atoms with Crippen molar-refractivity contribution in [2.24, 2.45) is 5.73 Å². The van der Waals surface area contributed by atoms with Crippen molar-refractivity contribution in [3.05, 3.63) is 29.8 Å². The lowest BCUT2D eigenvalue weighted by molar-refractivity contribution is 0.0641. The molecule has 2 N–H and O–H groups in total. The van der Waals surface area contributed by atoms with Crippen LogP contribution in [0.25, 0.3) is 0 Å². The Balaban J connectivity index is 2.19. The molecule has 1 aliphatic rings. The Morgan fingerprint density at radius 3 is 2.57 bits per heavy atom. The minimum atomic E-state index is 0.121. The summed E-state index contributed by atoms with van der Waals surface area (Å²) in [6.07, 6.45) is 5.95. The monoisotopic (exact) mass is 289 g/mol. The average molecular weight is 289 g/mol. The molecule has 1 fully saturated rings. The van der Waals surface area contributed by atoms with E-state index in [1.165, 1.54) is 19.3 Å². The van der Waals surface area contributed by atoms with Gasteiger partial charge in [0.05, 0.1) is 0 Å². The third kappa shape index (κ3) is 3.97. The highest BCUT2D eigenvalue weighted by molar-refractivity contribution is 5.95. The van der Waals surface area contributed by atoms with E-state index in [4.69, 9.17) is 5.73 Å². The zero-order chi connectivity index (χ0) is 15.2. The van der Waals surface area contributed by atoms with Gasteiger partial charge in [0.2, 0.25) is 0 Å². The maximum atomic E-state index is 12.9. The van der Waals surface area contributed by atoms with Gasteiger partial charge in [-0.2, -0.15) is 0 Å². The summed E-state index contributed by atoms with van der Waals surface area (Å²) in [5.41, 5.74) is 7.55. The fraction of sp³-hybridized carbons (Fsp3) is 0.588. The summed E-state index contributed by atoms with van der Waals surface area (Å²) in [5, 5.41) is 0. The van der Waals surface area contributed by atoms with Crippen molar-refractivity contribution in [3.63, 3.8) is 0 Å². The van der Waals surface area contributed by atoms with Crippen LogP contribution in [0.1, 0.15) is 42.5 Å². The number of anilines is 1. The van der Waals surface area contributed by atoms with Crippen molar-refractivity contribution in [1.82, 2.24) is 4.90 Å². The summed E-state index contributed by atoms with van der Waals surface area (Å²) in [4.78, 5) is 16.9. The van der Waals surface area contributed by atoms with E-state index < -0.39 is 0 Å². The number of carbonyl (C=O) groups excluding carboxylic acids is 1. The van der Waals surface area contributed by atoms with Crippen LogP contribution in [0, 0.1) is 0 Å². The number of carbonyl (C=O) groups is 1. The summed E-state index contributed by atoms with van der Waals surface area (Å²) in [5.74, 6) is 0.121. The Morgan fingerprint density at radius 2 is 1.95 bits per heavy atom. The van der Waals surface area contributed by atoms with E-state index in [1.807, 2.05) is 48.2 Å². The van der Waals surface area contributed by atoms with Gasteiger partial charge in [-0.15, -0.1) is 0 Å². The molecule has 4 nitrogen and oxygen atoms in total. The highest BCUT2D eigenvalue weighted by Gasteiger charge is 2.25. The number of hydrogen-bond donors (Lipinski definition) is 1. The molecule has 0 aliphatic heterocycles. The highest BCUT2D eigenvalue weighted by Crippen LogP contribution is 2.24. The SMILES string of the molecule is CN(C)c1cccc(C(=O)N(CCN)C2CCCCC2)c1. The van der Waals surface area contributed by atoms with Gasteiger partial charge in [0.1, 0.15) is 0 Å². The van der Waals surface area contributed by atoms with Gasteiger partial charge >= 0.3 is 0 Å². The van der Waals surface area contributed by atoms with Crippen LogP contribution in [0.3, 0.4) is 0 Å². The normalized spacial score (nSPS) is 15.8. The van der Waals surface area contributed by atoms with Crippen molar-refractivity contribution in [1.29, 1.82) is 0 Å². The van der Waals surface area contributed by atoms with Crippen molar-refractivity contribution in [2.45, 2.75) is 38.1 Å². The third-order valence-corrected chi connectivity index (χ3v) is 4.26. The summed E-state index contributed by atoms with van der Waals surface area (Å²) >= 11 is 0. The first-order valence-corrected chi connectivity index (χ1v) is 7.92. The number of amides is 1. The quantitative estimate of drug-likeness (QED) is 0.906. The van der Waals surface area contributed by atoms with Gasteiger partial charge in [0.25, 0.3) is 5.91 Å². The van der Waals surface area contributed by atoms with Gasteiger partial charge in [0.15, 0.2) is 0 Å². The summed E-state index contributed by atoms with van der Waals surface area (Å²) in [6, 6.07) is 8.20. The number of rotatable bonds is 5. The molecule has 1 aromatic carbocycles. The first-order chi connectivity index (χ1) is 10.1. The molecule has 0 spiro atoms. The molecule has 0 aromatic heterocycles. The zero-order valence-electron chi connectivity index (χ0n) is 13.2. The van der Waals surface area contributed by atoms with Crippen LogP contribution in [-0.4, -0.2) is 44.0 Å². The summed E-state index contributed by atoms with van der Waals surface area (Å²) in [7, 11) is 3.98. The molecular formula is C17H27N3O. The molecule has 4 heteroatoms. The molecule has 2 rings (SSSR count). The van der Waals surface area contributed by atoms with Gasteiger partial charge < -0.3 is 15.5 Å². The second-order valence-electron chi connectivity index (χ2n) is 6.02. The van der Waals surface area contributed by atoms with Gasteiger partial charge in [-0.1, -0.05) is 25.3 Å². The molecule has 1 amide bonds. The molecule has 0 atom stereocenters. The molecular weight excluding hydrogens is 262 g/mol. The van der Waals surface area contributed by atoms with E-state index in [-0.39, 0.29) is 5.91 Å². The molecule has 116 valence electrons. The third-order valence-electron chi connectivity index (χ3n) is 4.26. The number of hydrogen-bond acceptors (Lipinski definition) is 3. The van der Waals surface area contributed by atoms with Gasteiger partial charge in [-0.3, -0.25) is 4.79 Å². The fourth-order valence-corrected chi connectivity index (χ4v) is 3.06. The Kier molecular flexibility index (Phi) is 5.62. The number of nitrogens with two attached hydrogens (primary N) is 1.